The summed E-state index contributed by atoms with van der Waals surface area (Å²) in [5, 5.41) is 18.2. The van der Waals surface area contributed by atoms with Crippen LogP contribution in [0.4, 0.5) is 5.69 Å². The van der Waals surface area contributed by atoms with Gasteiger partial charge in [0.05, 0.1) is 13.2 Å². The zero-order chi connectivity index (χ0) is 40.0. The molecule has 5 saturated carbocycles. The molecule has 4 bridgehead atoms. The molecule has 58 heavy (non-hydrogen) atoms. The summed E-state index contributed by atoms with van der Waals surface area (Å²) in [7, 11) is 0. The minimum absolute atomic E-state index is 0.170. The third-order valence-electron chi connectivity index (χ3n) is 15.6. The maximum Gasteiger partial charge on any atom is 0.329 e. The van der Waals surface area contributed by atoms with Crippen molar-refractivity contribution in [3.8, 4) is 11.5 Å². The first kappa shape index (κ1) is 39.7. The number of hydrogen-bond donors (Lipinski definition) is 3. The van der Waals surface area contributed by atoms with Gasteiger partial charge in [0.1, 0.15) is 17.0 Å². The molecule has 7 aliphatic carbocycles. The first-order valence-electron chi connectivity index (χ1n) is 22.5. The molecule has 1 heterocycles. The molecule has 3 aromatic rings. The molecule has 0 unspecified atom stereocenters. The maximum atomic E-state index is 13.1. The number of hydrogen-bond acceptors (Lipinski definition) is 6. The molecule has 9 heteroatoms. The third-order valence-corrected chi connectivity index (χ3v) is 15.9. The lowest BCUT2D eigenvalue weighted by atomic mass is 9.54. The molecule has 0 radical (unpaired) electrons. The molecule has 1 spiro atoms. The van der Waals surface area contributed by atoms with E-state index in [-0.39, 0.29) is 11.3 Å². The number of halogens is 1. The van der Waals surface area contributed by atoms with Gasteiger partial charge in [-0.3, -0.25) is 9.78 Å². The minimum Gasteiger partial charge on any atom is -0.494 e. The Labute approximate surface area is 349 Å². The van der Waals surface area contributed by atoms with Gasteiger partial charge < -0.3 is 25.2 Å². The van der Waals surface area contributed by atoms with E-state index in [9.17, 15) is 14.7 Å². The Hall–Kier alpha value is -3.78. The normalized spacial score (nSPS) is 32.3. The standard InChI is InChI=1S/C49H62ClN3O5/c1-30(29-58-43-13-18-51-42-9-3-6-31(2)45(42)43)20-37-26-34-11-12-40(57-19-5-10-44(54)52-46-35-22-32-21-33(24-35)25-36(46)23-32)28-41(34)48(37)14-16-49(17-15-48,47(55)56)53-39-8-4-7-38(50)27-39/h4,7-8,11-13,18,27-28,30-33,35-37,46,53H,3,5-6,9-10,14-17,19-26,29H2,1-2H3,(H,52,54)(H,55,56)/t30-,31-,32?,33?,35?,36?,37+,46?,48?,49?/m1/s1. The second-order valence-electron chi connectivity index (χ2n) is 19.5. The molecular weight excluding hydrogens is 746 g/mol. The van der Waals surface area contributed by atoms with E-state index in [2.05, 4.69) is 47.7 Å². The second kappa shape index (κ2) is 16.3. The molecule has 3 N–H and O–H groups in total. The molecule has 5 fully saturated rings. The van der Waals surface area contributed by atoms with Crippen LogP contribution in [0, 0.1) is 35.5 Å². The van der Waals surface area contributed by atoms with Crippen LogP contribution >= 0.6 is 11.6 Å². The van der Waals surface area contributed by atoms with Crippen molar-refractivity contribution in [1.29, 1.82) is 0 Å². The van der Waals surface area contributed by atoms with Gasteiger partial charge in [0.15, 0.2) is 0 Å². The number of ether oxygens (including phenoxy) is 2. The third kappa shape index (κ3) is 7.84. The Morgan fingerprint density at radius 2 is 1.76 bits per heavy atom. The van der Waals surface area contributed by atoms with Gasteiger partial charge in [-0.05, 0) is 191 Å². The van der Waals surface area contributed by atoms with Gasteiger partial charge in [-0.2, -0.15) is 0 Å². The van der Waals surface area contributed by atoms with Crippen LogP contribution in [0.25, 0.3) is 0 Å². The van der Waals surface area contributed by atoms with Crippen molar-refractivity contribution in [2.45, 2.75) is 139 Å². The zero-order valence-corrected chi connectivity index (χ0v) is 35.2. The Morgan fingerprint density at radius 1 is 0.983 bits per heavy atom. The number of nitrogens with zero attached hydrogens (tertiary/aromatic N) is 1. The van der Waals surface area contributed by atoms with Crippen molar-refractivity contribution < 1.29 is 24.2 Å². The number of carbonyl (C=O) groups excluding carboxylic acids is 1. The van der Waals surface area contributed by atoms with Crippen LogP contribution in [0.5, 0.6) is 11.5 Å². The number of aryl methyl sites for hydroxylation is 1. The lowest BCUT2D eigenvalue weighted by molar-refractivity contribution is -0.144. The fraction of sp³-hybridized carbons (Fsp3) is 0.612. The van der Waals surface area contributed by atoms with Gasteiger partial charge in [0.2, 0.25) is 5.91 Å². The van der Waals surface area contributed by atoms with E-state index in [1.165, 1.54) is 67.3 Å². The van der Waals surface area contributed by atoms with Crippen LogP contribution in [0.1, 0.15) is 132 Å². The second-order valence-corrected chi connectivity index (χ2v) is 19.9. The van der Waals surface area contributed by atoms with Crippen LogP contribution < -0.4 is 20.1 Å². The number of carboxylic acid groups (broad SMARTS) is 1. The predicted molar refractivity (Wildman–Crippen MR) is 228 cm³/mol. The largest absolute Gasteiger partial charge is 0.494 e. The Bertz CT molecular complexity index is 1960. The molecule has 2 aromatic carbocycles. The van der Waals surface area contributed by atoms with Crippen LogP contribution in [-0.2, 0) is 27.8 Å². The number of fused-ring (bicyclic) bond motifs is 3. The van der Waals surface area contributed by atoms with Crippen LogP contribution in [0.2, 0.25) is 5.02 Å². The summed E-state index contributed by atoms with van der Waals surface area (Å²) < 4.78 is 13.0. The number of aliphatic carboxylic acids is 1. The SMILES string of the molecule is C[C@@H](COc1ccnc2c1[C@H](C)CCC2)C[C@H]1Cc2ccc(OCCCC(=O)NC3C4CC5CC(C4)CC3C5)cc2C12CCC(Nc1cccc(Cl)c1)(C(=O)O)CC2. The number of carboxylic acids is 1. The van der Waals surface area contributed by atoms with E-state index in [0.29, 0.717) is 79.6 Å². The molecule has 0 aliphatic heterocycles. The van der Waals surface area contributed by atoms with Crippen molar-refractivity contribution in [3.05, 3.63) is 82.1 Å². The number of nitrogens with one attached hydrogen (secondary N) is 2. The quantitative estimate of drug-likeness (QED) is 0.139. The Kier molecular flexibility index (Phi) is 11.2. The van der Waals surface area contributed by atoms with Crippen LogP contribution in [0.3, 0.4) is 0 Å². The van der Waals surface area contributed by atoms with Gasteiger partial charge in [0, 0.05) is 40.6 Å². The lowest BCUT2D eigenvalue weighted by Crippen LogP contribution is -2.55. The van der Waals surface area contributed by atoms with E-state index in [4.69, 9.17) is 21.1 Å². The van der Waals surface area contributed by atoms with Crippen molar-refractivity contribution >= 4 is 29.2 Å². The van der Waals surface area contributed by atoms with Crippen LogP contribution in [-0.4, -0.2) is 46.8 Å². The van der Waals surface area contributed by atoms with Crippen molar-refractivity contribution in [1.82, 2.24) is 10.3 Å². The number of anilines is 1. The fourth-order valence-corrected chi connectivity index (χ4v) is 13.2. The first-order chi connectivity index (χ1) is 28.1. The van der Waals surface area contributed by atoms with E-state index in [1.807, 2.05) is 36.5 Å². The molecule has 7 aliphatic rings. The number of aromatic nitrogens is 1. The van der Waals surface area contributed by atoms with E-state index < -0.39 is 11.5 Å². The topological polar surface area (TPSA) is 110 Å². The number of rotatable bonds is 14. The molecule has 310 valence electrons. The van der Waals surface area contributed by atoms with Gasteiger partial charge in [0.25, 0.3) is 0 Å². The molecular formula is C49H62ClN3O5. The van der Waals surface area contributed by atoms with E-state index in [1.54, 1.807) is 0 Å². The van der Waals surface area contributed by atoms with Gasteiger partial charge in [-0.1, -0.05) is 37.6 Å². The zero-order valence-electron chi connectivity index (χ0n) is 34.4. The average Bonchev–Trinajstić information content (AvgIpc) is 3.48. The highest BCUT2D eigenvalue weighted by atomic mass is 35.5. The van der Waals surface area contributed by atoms with Gasteiger partial charge in [-0.25, -0.2) is 4.79 Å². The number of carbonyl (C=O) groups is 2. The lowest BCUT2D eigenvalue weighted by Gasteiger charge is -2.54. The summed E-state index contributed by atoms with van der Waals surface area (Å²) in [6.07, 6.45) is 17.5. The maximum absolute atomic E-state index is 13.1. The smallest absolute Gasteiger partial charge is 0.329 e. The average molecular weight is 809 g/mol. The predicted octanol–water partition coefficient (Wildman–Crippen LogP) is 10.3. The van der Waals surface area contributed by atoms with Gasteiger partial charge in [-0.15, -0.1) is 0 Å². The summed E-state index contributed by atoms with van der Waals surface area (Å²) in [6.45, 7) is 5.70. The van der Waals surface area contributed by atoms with E-state index in [0.717, 1.165) is 61.1 Å². The summed E-state index contributed by atoms with van der Waals surface area (Å²) >= 11 is 6.32. The summed E-state index contributed by atoms with van der Waals surface area (Å²) in [4.78, 5) is 30.9. The fourth-order valence-electron chi connectivity index (χ4n) is 13.0. The highest BCUT2D eigenvalue weighted by Gasteiger charge is 2.54. The molecule has 1 amide bonds. The summed E-state index contributed by atoms with van der Waals surface area (Å²) in [5.41, 5.74) is 4.58. The first-order valence-corrected chi connectivity index (χ1v) is 22.9. The molecule has 0 saturated heterocycles. The summed E-state index contributed by atoms with van der Waals surface area (Å²) in [6, 6.07) is 16.4. The molecule has 8 nitrogen and oxygen atoms in total. The number of pyridine rings is 1. The van der Waals surface area contributed by atoms with E-state index >= 15 is 0 Å². The van der Waals surface area contributed by atoms with Crippen LogP contribution in [0.15, 0.2) is 54.7 Å². The summed E-state index contributed by atoms with van der Waals surface area (Å²) in [5.74, 6) is 5.41. The molecule has 1 aromatic heterocycles. The van der Waals surface area contributed by atoms with Crippen molar-refractivity contribution in [2.75, 3.05) is 18.5 Å². The highest BCUT2D eigenvalue weighted by Crippen LogP contribution is 2.57. The van der Waals surface area contributed by atoms with Crippen molar-refractivity contribution in [2.24, 2.45) is 35.5 Å². The molecule has 3 atom stereocenters. The highest BCUT2D eigenvalue weighted by molar-refractivity contribution is 6.30. The van der Waals surface area contributed by atoms with Gasteiger partial charge >= 0.3 is 5.97 Å². The minimum atomic E-state index is -1.08. The monoisotopic (exact) mass is 807 g/mol. The number of amides is 1. The Morgan fingerprint density at radius 3 is 2.50 bits per heavy atom. The number of benzene rings is 2. The van der Waals surface area contributed by atoms with Crippen molar-refractivity contribution in [3.63, 3.8) is 0 Å². The Balaban J connectivity index is 0.880. The molecule has 10 rings (SSSR count).